The second-order valence-corrected chi connectivity index (χ2v) is 6.24. The number of piperidine rings is 1. The van der Waals surface area contributed by atoms with Gasteiger partial charge in [-0.15, -0.1) is 0 Å². The number of hydrogen-bond acceptors (Lipinski definition) is 3. The Hall–Kier alpha value is -0.840. The lowest BCUT2D eigenvalue weighted by molar-refractivity contribution is -0.0524. The molecule has 1 N–H and O–H groups in total. The molecule has 1 aliphatic heterocycles. The summed E-state index contributed by atoms with van der Waals surface area (Å²) in [6.45, 7) is 6.12. The predicted molar refractivity (Wildman–Crippen MR) is 77.6 cm³/mol. The minimum Gasteiger partial charge on any atom is -0.492 e. The molecule has 20 heavy (non-hydrogen) atoms. The van der Waals surface area contributed by atoms with Crippen molar-refractivity contribution in [2.75, 3.05) is 20.2 Å². The molecule has 3 nitrogen and oxygen atoms in total. The number of benzene rings is 1. The van der Waals surface area contributed by atoms with Gasteiger partial charge < -0.3 is 9.84 Å². The van der Waals surface area contributed by atoms with Crippen molar-refractivity contribution in [3.05, 3.63) is 28.5 Å². The van der Waals surface area contributed by atoms with E-state index in [0.717, 1.165) is 25.1 Å². The Morgan fingerprint density at radius 1 is 1.55 bits per heavy atom. The van der Waals surface area contributed by atoms with Crippen LogP contribution in [0.5, 0.6) is 5.75 Å². The maximum absolute atomic E-state index is 13.8. The molecule has 0 amide bonds. The minimum absolute atomic E-state index is 0.0883. The number of nitrogens with zero attached hydrogens (tertiary/aromatic N) is 1. The van der Waals surface area contributed by atoms with Crippen LogP contribution in [-0.4, -0.2) is 35.8 Å². The van der Waals surface area contributed by atoms with Crippen molar-refractivity contribution in [2.45, 2.75) is 32.4 Å². The molecular formula is C15H21ClFNO2. The Kier molecular flexibility index (Phi) is 4.57. The van der Waals surface area contributed by atoms with Crippen LogP contribution in [0, 0.1) is 11.7 Å². The summed E-state index contributed by atoms with van der Waals surface area (Å²) in [5.41, 5.74) is 0.210. The van der Waals surface area contributed by atoms with Crippen molar-refractivity contribution in [2.24, 2.45) is 5.92 Å². The number of likely N-dealkylation sites (tertiary alicyclic amines) is 1. The van der Waals surface area contributed by atoms with Gasteiger partial charge in [-0.3, -0.25) is 4.90 Å². The van der Waals surface area contributed by atoms with E-state index >= 15 is 0 Å². The fourth-order valence-electron chi connectivity index (χ4n) is 2.61. The van der Waals surface area contributed by atoms with Gasteiger partial charge >= 0.3 is 0 Å². The van der Waals surface area contributed by atoms with E-state index in [1.54, 1.807) is 6.07 Å². The Bertz CT molecular complexity index is 470. The van der Waals surface area contributed by atoms with Crippen LogP contribution in [0.15, 0.2) is 12.1 Å². The van der Waals surface area contributed by atoms with Crippen LogP contribution >= 0.6 is 11.6 Å². The third-order valence-electron chi connectivity index (χ3n) is 4.20. The van der Waals surface area contributed by atoms with Crippen LogP contribution in [0.1, 0.15) is 25.8 Å². The molecule has 2 rings (SSSR count). The first-order valence-corrected chi connectivity index (χ1v) is 7.18. The van der Waals surface area contributed by atoms with Gasteiger partial charge in [0.15, 0.2) is 11.6 Å². The molecule has 1 saturated heterocycles. The zero-order chi connectivity index (χ0) is 14.9. The average molecular weight is 302 g/mol. The van der Waals surface area contributed by atoms with Crippen molar-refractivity contribution >= 4 is 11.6 Å². The highest BCUT2D eigenvalue weighted by atomic mass is 35.5. The summed E-state index contributed by atoms with van der Waals surface area (Å²) in [4.78, 5) is 2.21. The molecule has 2 atom stereocenters. The van der Waals surface area contributed by atoms with Crippen LogP contribution in [0.3, 0.4) is 0 Å². The maximum atomic E-state index is 13.8. The Balaban J connectivity index is 2.08. The van der Waals surface area contributed by atoms with E-state index < -0.39 is 11.4 Å². The van der Waals surface area contributed by atoms with Gasteiger partial charge in [0.2, 0.25) is 0 Å². The lowest BCUT2D eigenvalue weighted by atomic mass is 9.84. The van der Waals surface area contributed by atoms with Crippen LogP contribution < -0.4 is 4.74 Å². The zero-order valence-corrected chi connectivity index (χ0v) is 12.9. The van der Waals surface area contributed by atoms with Gasteiger partial charge in [0.25, 0.3) is 0 Å². The number of ether oxygens (including phenoxy) is 1. The molecule has 1 fully saturated rings. The Morgan fingerprint density at radius 3 is 2.80 bits per heavy atom. The van der Waals surface area contributed by atoms with Crippen LogP contribution in [0.25, 0.3) is 0 Å². The van der Waals surface area contributed by atoms with Crippen LogP contribution in [-0.2, 0) is 6.54 Å². The normalized spacial score (nSPS) is 27.6. The third-order valence-corrected chi connectivity index (χ3v) is 4.48. The quantitative estimate of drug-likeness (QED) is 0.931. The van der Waals surface area contributed by atoms with Gasteiger partial charge in [0, 0.05) is 19.6 Å². The molecule has 5 heteroatoms. The predicted octanol–water partition coefficient (Wildman–Crippen LogP) is 3.08. The lowest BCUT2D eigenvalue weighted by Gasteiger charge is -2.41. The first-order chi connectivity index (χ1) is 9.33. The van der Waals surface area contributed by atoms with E-state index in [9.17, 15) is 9.50 Å². The highest BCUT2D eigenvalue weighted by molar-refractivity contribution is 6.32. The number of aliphatic hydroxyl groups is 1. The summed E-state index contributed by atoms with van der Waals surface area (Å²) in [5, 5.41) is 10.5. The minimum atomic E-state index is -0.612. The second-order valence-electron chi connectivity index (χ2n) is 5.84. The van der Waals surface area contributed by atoms with Crippen molar-refractivity contribution in [3.63, 3.8) is 0 Å². The third kappa shape index (κ3) is 3.25. The standard InChI is InChI=1S/C15H21ClFNO2/c1-10-8-18(5-4-15(10,2)19)9-11-6-12(16)14(20-3)13(17)7-11/h6-7,10,19H,4-5,8-9H2,1-3H3/t10-,15+/m1/s1. The topological polar surface area (TPSA) is 32.7 Å². The van der Waals surface area contributed by atoms with Gasteiger partial charge in [-0.05, 0) is 37.0 Å². The lowest BCUT2D eigenvalue weighted by Crippen LogP contribution is -2.48. The number of methoxy groups -OCH3 is 1. The first kappa shape index (κ1) is 15.5. The van der Waals surface area contributed by atoms with E-state index in [-0.39, 0.29) is 11.7 Å². The molecule has 1 aromatic carbocycles. The van der Waals surface area contributed by atoms with Gasteiger partial charge in [-0.1, -0.05) is 18.5 Å². The second kappa shape index (κ2) is 5.88. The highest BCUT2D eigenvalue weighted by Gasteiger charge is 2.34. The molecule has 0 aliphatic carbocycles. The van der Waals surface area contributed by atoms with Gasteiger partial charge in [0.05, 0.1) is 17.7 Å². The summed E-state index contributed by atoms with van der Waals surface area (Å²) in [6, 6.07) is 3.20. The van der Waals surface area contributed by atoms with E-state index in [1.807, 2.05) is 13.8 Å². The van der Waals surface area contributed by atoms with Crippen molar-refractivity contribution in [1.29, 1.82) is 0 Å². The van der Waals surface area contributed by atoms with Crippen molar-refractivity contribution in [1.82, 2.24) is 4.90 Å². The molecular weight excluding hydrogens is 281 g/mol. The zero-order valence-electron chi connectivity index (χ0n) is 12.1. The summed E-state index contributed by atoms with van der Waals surface area (Å²) in [7, 11) is 1.40. The van der Waals surface area contributed by atoms with E-state index in [0.29, 0.717) is 11.6 Å². The number of hydrogen-bond donors (Lipinski definition) is 1. The molecule has 0 aromatic heterocycles. The van der Waals surface area contributed by atoms with Gasteiger partial charge in [-0.25, -0.2) is 4.39 Å². The fraction of sp³-hybridized carbons (Fsp3) is 0.600. The smallest absolute Gasteiger partial charge is 0.173 e. The number of halogens is 2. The van der Waals surface area contributed by atoms with E-state index in [1.165, 1.54) is 13.2 Å². The molecule has 0 bridgehead atoms. The molecule has 112 valence electrons. The highest BCUT2D eigenvalue weighted by Crippen LogP contribution is 2.31. The van der Waals surface area contributed by atoms with Crippen LogP contribution in [0.2, 0.25) is 5.02 Å². The molecule has 1 aliphatic rings. The fourth-order valence-corrected chi connectivity index (χ4v) is 2.91. The Morgan fingerprint density at radius 2 is 2.25 bits per heavy atom. The molecule has 0 saturated carbocycles. The van der Waals surface area contributed by atoms with Gasteiger partial charge in [0.1, 0.15) is 0 Å². The SMILES string of the molecule is COc1c(F)cc(CN2CC[C@](C)(O)[C@H](C)C2)cc1Cl. The molecule has 0 spiro atoms. The summed E-state index contributed by atoms with van der Waals surface area (Å²) in [6.07, 6.45) is 0.723. The summed E-state index contributed by atoms with van der Waals surface area (Å²) >= 11 is 6.00. The molecule has 1 heterocycles. The van der Waals surface area contributed by atoms with Crippen LogP contribution in [0.4, 0.5) is 4.39 Å². The molecule has 0 radical (unpaired) electrons. The van der Waals surface area contributed by atoms with Gasteiger partial charge in [-0.2, -0.15) is 0 Å². The van der Waals surface area contributed by atoms with E-state index in [2.05, 4.69) is 4.90 Å². The van der Waals surface area contributed by atoms with Crippen molar-refractivity contribution < 1.29 is 14.2 Å². The first-order valence-electron chi connectivity index (χ1n) is 6.80. The Labute approximate surface area is 124 Å². The van der Waals surface area contributed by atoms with E-state index in [4.69, 9.17) is 16.3 Å². The number of rotatable bonds is 3. The summed E-state index contributed by atoms with van der Waals surface area (Å²) in [5.74, 6) is -0.160. The largest absolute Gasteiger partial charge is 0.492 e. The van der Waals surface area contributed by atoms with Crippen molar-refractivity contribution in [3.8, 4) is 5.75 Å². The average Bonchev–Trinajstić information content (AvgIpc) is 2.34. The molecule has 1 aromatic rings. The summed E-state index contributed by atoms with van der Waals surface area (Å²) < 4.78 is 18.7. The maximum Gasteiger partial charge on any atom is 0.173 e. The monoisotopic (exact) mass is 301 g/mol. The molecule has 0 unspecified atom stereocenters.